The zero-order chi connectivity index (χ0) is 22.5. The number of amides is 1. The molecule has 1 saturated heterocycles. The van der Waals surface area contributed by atoms with Gasteiger partial charge in [-0.15, -0.1) is 11.3 Å². The van der Waals surface area contributed by atoms with Crippen LogP contribution < -0.4 is 10.2 Å². The molecule has 0 atom stereocenters. The summed E-state index contributed by atoms with van der Waals surface area (Å²) in [6.07, 6.45) is 0.916. The highest BCUT2D eigenvalue weighted by molar-refractivity contribution is 7.17. The molecule has 1 amide bonds. The summed E-state index contributed by atoms with van der Waals surface area (Å²) >= 11 is 1.35. The molecule has 0 radical (unpaired) electrons. The van der Waals surface area contributed by atoms with Crippen molar-refractivity contribution in [3.63, 3.8) is 0 Å². The molecule has 0 bridgehead atoms. The third kappa shape index (κ3) is 5.53. The fourth-order valence-corrected chi connectivity index (χ4v) is 4.95. The molecule has 5 nitrogen and oxygen atoms in total. The maximum absolute atomic E-state index is 13.1. The largest absolute Gasteiger partial charge is 0.369 e. The minimum absolute atomic E-state index is 0.0855. The number of carbonyl (C=O) groups excluding carboxylic acids is 1. The molecule has 1 aliphatic heterocycles. The van der Waals surface area contributed by atoms with Gasteiger partial charge in [-0.2, -0.15) is 0 Å². The number of nitrogens with one attached hydrogen (secondary N) is 1. The van der Waals surface area contributed by atoms with E-state index in [9.17, 15) is 9.18 Å². The molecule has 2 aromatic carbocycles. The van der Waals surface area contributed by atoms with Crippen LogP contribution in [-0.2, 0) is 0 Å². The average molecular weight is 453 g/mol. The molecule has 0 saturated carbocycles. The predicted octanol–water partition coefficient (Wildman–Crippen LogP) is 4.51. The Morgan fingerprint density at radius 2 is 1.84 bits per heavy atom. The molecule has 4 rings (SSSR count). The Bertz CT molecular complexity index is 1060. The average Bonchev–Trinajstić information content (AvgIpc) is 3.19. The molecule has 0 aliphatic carbocycles. The van der Waals surface area contributed by atoms with E-state index in [0.717, 1.165) is 49.7 Å². The molecule has 32 heavy (non-hydrogen) atoms. The lowest BCUT2D eigenvalue weighted by atomic mass is 10.2. The van der Waals surface area contributed by atoms with Crippen LogP contribution in [0.25, 0.3) is 10.6 Å². The second kappa shape index (κ2) is 10.2. The zero-order valence-corrected chi connectivity index (χ0v) is 19.4. The number of hydrogen-bond acceptors (Lipinski definition) is 5. The van der Waals surface area contributed by atoms with Crippen LogP contribution in [0.2, 0.25) is 0 Å². The highest BCUT2D eigenvalue weighted by Gasteiger charge is 2.18. The summed E-state index contributed by atoms with van der Waals surface area (Å²) in [5.41, 5.74) is 4.13. The third-order valence-corrected chi connectivity index (χ3v) is 6.98. The number of piperazine rings is 1. The lowest BCUT2D eigenvalue weighted by molar-refractivity contribution is 0.0954. The van der Waals surface area contributed by atoms with Crippen molar-refractivity contribution in [1.29, 1.82) is 0 Å². The highest BCUT2D eigenvalue weighted by atomic mass is 32.1. The number of benzene rings is 2. The van der Waals surface area contributed by atoms with Crippen molar-refractivity contribution in [1.82, 2.24) is 15.2 Å². The van der Waals surface area contributed by atoms with Gasteiger partial charge in [0.25, 0.3) is 5.91 Å². The molecular weight excluding hydrogens is 423 g/mol. The molecule has 0 unspecified atom stereocenters. The molecule has 0 spiro atoms. The maximum atomic E-state index is 13.1. The molecule has 168 valence electrons. The maximum Gasteiger partial charge on any atom is 0.263 e. The van der Waals surface area contributed by atoms with E-state index in [1.54, 1.807) is 12.1 Å². The van der Waals surface area contributed by atoms with E-state index in [1.807, 2.05) is 6.92 Å². The number of halogens is 1. The van der Waals surface area contributed by atoms with E-state index < -0.39 is 0 Å². The summed E-state index contributed by atoms with van der Waals surface area (Å²) < 4.78 is 13.1. The first-order valence-electron chi connectivity index (χ1n) is 11.0. The Morgan fingerprint density at radius 3 is 2.56 bits per heavy atom. The first-order valence-corrected chi connectivity index (χ1v) is 11.9. The fraction of sp³-hybridized carbons (Fsp3) is 0.360. The number of aromatic nitrogens is 1. The van der Waals surface area contributed by atoms with Crippen LogP contribution >= 0.6 is 11.3 Å². The minimum atomic E-state index is -0.281. The first-order chi connectivity index (χ1) is 15.5. The van der Waals surface area contributed by atoms with Crippen LogP contribution in [0.15, 0.2) is 48.5 Å². The van der Waals surface area contributed by atoms with Gasteiger partial charge in [-0.05, 0) is 68.8 Å². The Kier molecular flexibility index (Phi) is 7.17. The van der Waals surface area contributed by atoms with E-state index in [2.05, 4.69) is 51.3 Å². The summed E-state index contributed by atoms with van der Waals surface area (Å²) in [7, 11) is 0. The Hall–Kier alpha value is -2.77. The van der Waals surface area contributed by atoms with Crippen LogP contribution in [-0.4, -0.2) is 55.1 Å². The van der Waals surface area contributed by atoms with Gasteiger partial charge in [-0.3, -0.25) is 9.69 Å². The lowest BCUT2D eigenvalue weighted by Gasteiger charge is -2.36. The number of carbonyl (C=O) groups is 1. The van der Waals surface area contributed by atoms with Crippen molar-refractivity contribution >= 4 is 22.9 Å². The molecule has 7 heteroatoms. The van der Waals surface area contributed by atoms with Gasteiger partial charge in [0.15, 0.2) is 0 Å². The van der Waals surface area contributed by atoms with Crippen molar-refractivity contribution < 1.29 is 9.18 Å². The predicted molar refractivity (Wildman–Crippen MR) is 129 cm³/mol. The number of rotatable bonds is 7. The van der Waals surface area contributed by atoms with Crippen molar-refractivity contribution in [2.24, 2.45) is 0 Å². The monoisotopic (exact) mass is 452 g/mol. The second-order valence-corrected chi connectivity index (χ2v) is 9.22. The van der Waals surface area contributed by atoms with Crippen molar-refractivity contribution in [3.8, 4) is 10.6 Å². The van der Waals surface area contributed by atoms with Gasteiger partial charge in [0.2, 0.25) is 0 Å². The fourth-order valence-electron chi connectivity index (χ4n) is 3.96. The van der Waals surface area contributed by atoms with Crippen LogP contribution in [0.1, 0.15) is 27.3 Å². The standard InChI is InChI=1S/C25H29FN4OS/c1-18-5-3-6-22(17-18)30-15-13-29(14-16-30)12-4-11-27-24(31)23-19(2)28-25(32-23)20-7-9-21(26)10-8-20/h3,5-10,17H,4,11-16H2,1-2H3,(H,27,31). The van der Waals surface area contributed by atoms with Gasteiger partial charge in [0.1, 0.15) is 15.7 Å². The van der Waals surface area contributed by atoms with Crippen molar-refractivity contribution in [2.75, 3.05) is 44.2 Å². The lowest BCUT2D eigenvalue weighted by Crippen LogP contribution is -2.47. The van der Waals surface area contributed by atoms with Gasteiger partial charge >= 0.3 is 0 Å². The van der Waals surface area contributed by atoms with Crippen molar-refractivity contribution in [2.45, 2.75) is 20.3 Å². The summed E-state index contributed by atoms with van der Waals surface area (Å²) in [4.78, 5) is 22.6. The normalized spacial score (nSPS) is 14.5. The van der Waals surface area contributed by atoms with Crippen LogP contribution in [0.5, 0.6) is 0 Å². The smallest absolute Gasteiger partial charge is 0.263 e. The molecule has 2 heterocycles. The summed E-state index contributed by atoms with van der Waals surface area (Å²) in [6, 6.07) is 14.9. The van der Waals surface area contributed by atoms with Crippen LogP contribution in [0, 0.1) is 19.7 Å². The molecule has 1 aliphatic rings. The molecule has 1 aromatic heterocycles. The summed E-state index contributed by atoms with van der Waals surface area (Å²) in [5.74, 6) is -0.366. The van der Waals surface area contributed by atoms with E-state index in [1.165, 1.54) is 34.7 Å². The van der Waals surface area contributed by atoms with Gasteiger partial charge in [-0.25, -0.2) is 9.37 Å². The second-order valence-electron chi connectivity index (χ2n) is 8.22. The first kappa shape index (κ1) is 22.4. The summed E-state index contributed by atoms with van der Waals surface area (Å²) in [6.45, 7) is 9.72. The highest BCUT2D eigenvalue weighted by Crippen LogP contribution is 2.28. The van der Waals surface area contributed by atoms with Gasteiger partial charge in [-0.1, -0.05) is 12.1 Å². The number of thiazole rings is 1. The SMILES string of the molecule is Cc1cccc(N2CCN(CCCNC(=O)c3sc(-c4ccc(F)cc4)nc3C)CC2)c1. The molecular formula is C25H29FN4OS. The number of anilines is 1. The number of nitrogens with zero attached hydrogens (tertiary/aromatic N) is 3. The zero-order valence-electron chi connectivity index (χ0n) is 18.6. The van der Waals surface area contributed by atoms with Gasteiger partial charge in [0.05, 0.1) is 5.69 Å². The van der Waals surface area contributed by atoms with Gasteiger partial charge < -0.3 is 10.2 Å². The number of aryl methyl sites for hydroxylation is 2. The molecule has 3 aromatic rings. The number of hydrogen-bond donors (Lipinski definition) is 1. The Balaban J connectivity index is 1.21. The molecule has 1 fully saturated rings. The van der Waals surface area contributed by atoms with Gasteiger partial charge in [0, 0.05) is 44.0 Å². The van der Waals surface area contributed by atoms with E-state index in [-0.39, 0.29) is 11.7 Å². The molecule has 1 N–H and O–H groups in total. The summed E-state index contributed by atoms with van der Waals surface area (Å²) in [5, 5.41) is 3.76. The van der Waals surface area contributed by atoms with E-state index >= 15 is 0 Å². The third-order valence-electron chi connectivity index (χ3n) is 5.77. The topological polar surface area (TPSA) is 48.5 Å². The quantitative estimate of drug-likeness (QED) is 0.536. The Labute approximate surface area is 192 Å². The van der Waals surface area contributed by atoms with Crippen LogP contribution in [0.3, 0.4) is 0 Å². The van der Waals surface area contributed by atoms with E-state index in [0.29, 0.717) is 17.1 Å². The van der Waals surface area contributed by atoms with Crippen LogP contribution in [0.4, 0.5) is 10.1 Å². The minimum Gasteiger partial charge on any atom is -0.369 e. The van der Waals surface area contributed by atoms with Crippen molar-refractivity contribution in [3.05, 3.63) is 70.5 Å². The van der Waals surface area contributed by atoms with E-state index in [4.69, 9.17) is 0 Å². The Morgan fingerprint density at radius 1 is 1.09 bits per heavy atom.